The number of carbonyl (C=O) groups excluding carboxylic acids is 3. The molecule has 1 heterocycles. The molecule has 0 radical (unpaired) electrons. The lowest BCUT2D eigenvalue weighted by Gasteiger charge is -2.39. The molecule has 0 bridgehead atoms. The van der Waals surface area contributed by atoms with Crippen molar-refractivity contribution in [1.82, 2.24) is 9.80 Å². The third-order valence-corrected chi connectivity index (χ3v) is 3.50. The molecule has 0 unspecified atom stereocenters. The van der Waals surface area contributed by atoms with Crippen LogP contribution in [-0.4, -0.2) is 53.1 Å². The second kappa shape index (κ2) is 5.86. The van der Waals surface area contributed by atoms with Crippen molar-refractivity contribution in [2.75, 3.05) is 19.6 Å². The molecule has 5 nitrogen and oxygen atoms in total. The highest BCUT2D eigenvalue weighted by Crippen LogP contribution is 2.13. The van der Waals surface area contributed by atoms with Crippen molar-refractivity contribution >= 4 is 17.6 Å². The molecule has 1 aliphatic rings. The average Bonchev–Trinajstić information content (AvgIpc) is 2.46. The molecule has 20 heavy (non-hydrogen) atoms. The molecule has 1 atom stereocenters. The van der Waals surface area contributed by atoms with Crippen molar-refractivity contribution in [2.24, 2.45) is 0 Å². The monoisotopic (exact) mass is 274 g/mol. The van der Waals surface area contributed by atoms with E-state index in [2.05, 4.69) is 0 Å². The normalized spacial score (nSPS) is 18.8. The van der Waals surface area contributed by atoms with Gasteiger partial charge in [-0.05, 0) is 19.1 Å². The van der Waals surface area contributed by atoms with Gasteiger partial charge in [0.1, 0.15) is 0 Å². The van der Waals surface area contributed by atoms with Gasteiger partial charge in [0.25, 0.3) is 11.8 Å². The first-order valence-electron chi connectivity index (χ1n) is 6.66. The Morgan fingerprint density at radius 3 is 2.30 bits per heavy atom. The summed E-state index contributed by atoms with van der Waals surface area (Å²) in [5.41, 5.74) is 0.644. The smallest absolute Gasteiger partial charge is 0.289 e. The standard InChI is InChI=1S/C15H18N2O3/c1-11-10-16(8-9-17(11)14(19)12(2)18)15(20)13-6-4-3-5-7-13/h3-7,11H,8-10H2,1-2H3/t11-/m1/s1. The number of Topliss-reactive ketones (excluding diaryl/α,β-unsaturated/α-hetero) is 1. The number of piperazine rings is 1. The number of rotatable bonds is 2. The van der Waals surface area contributed by atoms with Crippen LogP contribution in [0.5, 0.6) is 0 Å². The van der Waals surface area contributed by atoms with E-state index in [1.54, 1.807) is 17.0 Å². The predicted molar refractivity (Wildman–Crippen MR) is 74.2 cm³/mol. The van der Waals surface area contributed by atoms with Crippen LogP contribution < -0.4 is 0 Å². The number of nitrogens with zero attached hydrogens (tertiary/aromatic N) is 2. The Balaban J connectivity index is 2.04. The fraction of sp³-hybridized carbons (Fsp3) is 0.400. The van der Waals surface area contributed by atoms with Gasteiger partial charge in [-0.15, -0.1) is 0 Å². The Morgan fingerprint density at radius 2 is 1.75 bits per heavy atom. The van der Waals surface area contributed by atoms with Crippen LogP contribution in [0.2, 0.25) is 0 Å². The summed E-state index contributed by atoms with van der Waals surface area (Å²) >= 11 is 0. The lowest BCUT2D eigenvalue weighted by Crippen LogP contribution is -2.56. The van der Waals surface area contributed by atoms with Gasteiger partial charge in [-0.1, -0.05) is 18.2 Å². The van der Waals surface area contributed by atoms with Gasteiger partial charge in [-0.3, -0.25) is 14.4 Å². The number of carbonyl (C=O) groups is 3. The molecule has 0 aliphatic carbocycles. The zero-order chi connectivity index (χ0) is 14.7. The Hall–Kier alpha value is -2.17. The fourth-order valence-corrected chi connectivity index (χ4v) is 2.41. The third kappa shape index (κ3) is 2.87. The summed E-state index contributed by atoms with van der Waals surface area (Å²) in [7, 11) is 0. The Labute approximate surface area is 118 Å². The number of hydrogen-bond donors (Lipinski definition) is 0. The minimum absolute atomic E-state index is 0.0348. The van der Waals surface area contributed by atoms with Crippen LogP contribution in [0.15, 0.2) is 30.3 Å². The van der Waals surface area contributed by atoms with Gasteiger partial charge in [0, 0.05) is 38.2 Å². The first kappa shape index (κ1) is 14.2. The summed E-state index contributed by atoms with van der Waals surface area (Å²) < 4.78 is 0. The molecule has 1 fully saturated rings. The Bertz CT molecular complexity index is 527. The molecule has 5 heteroatoms. The van der Waals surface area contributed by atoms with Crippen LogP contribution in [0.1, 0.15) is 24.2 Å². The molecule has 1 aromatic carbocycles. The second-order valence-corrected chi connectivity index (χ2v) is 5.02. The molecule has 2 amide bonds. The van der Waals surface area contributed by atoms with E-state index in [4.69, 9.17) is 0 Å². The van der Waals surface area contributed by atoms with Gasteiger partial charge in [0.2, 0.25) is 5.78 Å². The van der Waals surface area contributed by atoms with Crippen molar-refractivity contribution in [2.45, 2.75) is 19.9 Å². The van der Waals surface area contributed by atoms with Crippen LogP contribution in [0.25, 0.3) is 0 Å². The topological polar surface area (TPSA) is 57.7 Å². The average molecular weight is 274 g/mol. The zero-order valence-electron chi connectivity index (χ0n) is 11.7. The summed E-state index contributed by atoms with van der Waals surface area (Å²) in [5, 5.41) is 0. The van der Waals surface area contributed by atoms with E-state index in [-0.39, 0.29) is 11.9 Å². The van der Waals surface area contributed by atoms with E-state index < -0.39 is 11.7 Å². The van der Waals surface area contributed by atoms with Crippen LogP contribution in [0.3, 0.4) is 0 Å². The van der Waals surface area contributed by atoms with Crippen molar-refractivity contribution in [3.8, 4) is 0 Å². The van der Waals surface area contributed by atoms with Crippen molar-refractivity contribution in [1.29, 1.82) is 0 Å². The zero-order valence-corrected chi connectivity index (χ0v) is 11.7. The highest BCUT2D eigenvalue weighted by Gasteiger charge is 2.31. The van der Waals surface area contributed by atoms with Gasteiger partial charge >= 0.3 is 0 Å². The van der Waals surface area contributed by atoms with Gasteiger partial charge in [-0.25, -0.2) is 0 Å². The van der Waals surface area contributed by atoms with Crippen LogP contribution in [0.4, 0.5) is 0 Å². The number of hydrogen-bond acceptors (Lipinski definition) is 3. The first-order valence-corrected chi connectivity index (χ1v) is 6.66. The molecule has 0 aromatic heterocycles. The summed E-state index contributed by atoms with van der Waals surface area (Å²) in [4.78, 5) is 38.5. The Kier molecular flexibility index (Phi) is 4.17. The van der Waals surface area contributed by atoms with E-state index in [1.807, 2.05) is 25.1 Å². The van der Waals surface area contributed by atoms with E-state index >= 15 is 0 Å². The molecular formula is C15H18N2O3. The maximum atomic E-state index is 12.3. The highest BCUT2D eigenvalue weighted by atomic mass is 16.2. The van der Waals surface area contributed by atoms with E-state index in [9.17, 15) is 14.4 Å². The van der Waals surface area contributed by atoms with Crippen molar-refractivity contribution in [3.63, 3.8) is 0 Å². The quantitative estimate of drug-likeness (QED) is 0.754. The molecule has 1 aliphatic heterocycles. The fourth-order valence-electron chi connectivity index (χ4n) is 2.41. The first-order chi connectivity index (χ1) is 9.50. The molecular weight excluding hydrogens is 256 g/mol. The summed E-state index contributed by atoms with van der Waals surface area (Å²) in [5.74, 6) is -0.962. The molecule has 1 saturated heterocycles. The molecule has 106 valence electrons. The van der Waals surface area contributed by atoms with E-state index in [0.717, 1.165) is 0 Å². The molecule has 0 N–H and O–H groups in total. The molecule has 2 rings (SSSR count). The highest BCUT2D eigenvalue weighted by molar-refractivity contribution is 6.35. The maximum absolute atomic E-state index is 12.3. The lowest BCUT2D eigenvalue weighted by molar-refractivity contribution is -0.146. The van der Waals surface area contributed by atoms with Crippen molar-refractivity contribution in [3.05, 3.63) is 35.9 Å². The van der Waals surface area contributed by atoms with Crippen LogP contribution in [0, 0.1) is 0 Å². The number of amides is 2. The van der Waals surface area contributed by atoms with Crippen LogP contribution in [-0.2, 0) is 9.59 Å². The SMILES string of the molecule is CC(=O)C(=O)N1CCN(C(=O)c2ccccc2)C[C@H]1C. The molecule has 0 spiro atoms. The van der Waals surface area contributed by atoms with Gasteiger partial charge in [0.05, 0.1) is 0 Å². The third-order valence-electron chi connectivity index (χ3n) is 3.50. The lowest BCUT2D eigenvalue weighted by atomic mass is 10.1. The van der Waals surface area contributed by atoms with Crippen LogP contribution >= 0.6 is 0 Å². The van der Waals surface area contributed by atoms with Crippen molar-refractivity contribution < 1.29 is 14.4 Å². The predicted octanol–water partition coefficient (Wildman–Crippen LogP) is 0.948. The molecule has 1 aromatic rings. The van der Waals surface area contributed by atoms with Gasteiger partial charge in [0.15, 0.2) is 0 Å². The maximum Gasteiger partial charge on any atom is 0.289 e. The van der Waals surface area contributed by atoms with E-state index in [1.165, 1.54) is 11.8 Å². The molecule has 0 saturated carbocycles. The van der Waals surface area contributed by atoms with E-state index in [0.29, 0.717) is 25.2 Å². The second-order valence-electron chi connectivity index (χ2n) is 5.02. The number of ketones is 1. The Morgan fingerprint density at radius 1 is 1.10 bits per heavy atom. The van der Waals surface area contributed by atoms with Gasteiger partial charge in [-0.2, -0.15) is 0 Å². The minimum Gasteiger partial charge on any atom is -0.335 e. The summed E-state index contributed by atoms with van der Waals surface area (Å²) in [6, 6.07) is 8.93. The summed E-state index contributed by atoms with van der Waals surface area (Å²) in [6.45, 7) is 4.43. The van der Waals surface area contributed by atoms with Gasteiger partial charge < -0.3 is 9.80 Å². The number of benzene rings is 1. The summed E-state index contributed by atoms with van der Waals surface area (Å²) in [6.07, 6.45) is 0. The minimum atomic E-state index is -0.468. The largest absolute Gasteiger partial charge is 0.335 e.